The molecule has 1 fully saturated rings. The minimum atomic E-state index is -1.04. The fourth-order valence-electron chi connectivity index (χ4n) is 1.81. The molecule has 6 heteroatoms. The van der Waals surface area contributed by atoms with Crippen molar-refractivity contribution in [3.05, 3.63) is 35.4 Å². The van der Waals surface area contributed by atoms with E-state index in [-0.39, 0.29) is 5.91 Å². The predicted molar refractivity (Wildman–Crippen MR) is 83.3 cm³/mol. The van der Waals surface area contributed by atoms with Crippen molar-refractivity contribution in [1.29, 1.82) is 0 Å². The van der Waals surface area contributed by atoms with Crippen LogP contribution in [0.3, 0.4) is 0 Å². The van der Waals surface area contributed by atoms with Gasteiger partial charge in [-0.25, -0.2) is 0 Å². The van der Waals surface area contributed by atoms with E-state index in [1.165, 1.54) is 30.4 Å². The second kappa shape index (κ2) is 7.04. The molecule has 1 saturated heterocycles. The van der Waals surface area contributed by atoms with Crippen molar-refractivity contribution in [1.82, 2.24) is 5.32 Å². The van der Waals surface area contributed by atoms with Gasteiger partial charge in [-0.05, 0) is 42.5 Å². The number of hydrogen-bond acceptors (Lipinski definition) is 4. The van der Waals surface area contributed by atoms with Crippen LogP contribution in [0.15, 0.2) is 24.3 Å². The van der Waals surface area contributed by atoms with Gasteiger partial charge in [0.05, 0.1) is 4.58 Å². The zero-order valence-corrected chi connectivity index (χ0v) is 12.8. The molecule has 1 aliphatic heterocycles. The Hall–Kier alpha value is -1.14. The molecule has 0 spiro atoms. The van der Waals surface area contributed by atoms with E-state index in [4.69, 9.17) is 5.11 Å². The lowest BCUT2D eigenvalue weighted by atomic mass is 10.1. The highest BCUT2D eigenvalue weighted by Gasteiger charge is 2.18. The number of amides is 1. The molecule has 0 radical (unpaired) electrons. The van der Waals surface area contributed by atoms with E-state index < -0.39 is 12.0 Å². The molecule has 0 unspecified atom stereocenters. The maximum Gasteiger partial charge on any atom is 0.325 e. The van der Waals surface area contributed by atoms with Crippen molar-refractivity contribution in [2.45, 2.75) is 24.0 Å². The fourth-order valence-corrected chi connectivity index (χ4v) is 4.71. The zero-order valence-electron chi connectivity index (χ0n) is 11.2. The Bertz CT molecular complexity index is 484. The fraction of sp³-hybridized carbons (Fsp3) is 0.429. The molecule has 0 bridgehead atoms. The average molecular weight is 311 g/mol. The quantitative estimate of drug-likeness (QED) is 0.895. The Morgan fingerprint density at radius 1 is 1.25 bits per heavy atom. The molecule has 1 aliphatic rings. The summed E-state index contributed by atoms with van der Waals surface area (Å²) in [5, 5.41) is 11.2. The third-order valence-corrected chi connectivity index (χ3v) is 6.01. The summed E-state index contributed by atoms with van der Waals surface area (Å²) in [6.45, 7) is 1.45. The van der Waals surface area contributed by atoms with E-state index in [1.54, 1.807) is 12.1 Å². The first-order valence-electron chi connectivity index (χ1n) is 6.45. The molecule has 1 atom stereocenters. The van der Waals surface area contributed by atoms with E-state index >= 15 is 0 Å². The topological polar surface area (TPSA) is 66.4 Å². The summed E-state index contributed by atoms with van der Waals surface area (Å²) in [6, 6.07) is 6.54. The van der Waals surface area contributed by atoms with Gasteiger partial charge in [-0.2, -0.15) is 0 Å². The monoisotopic (exact) mass is 311 g/mol. The van der Waals surface area contributed by atoms with Crippen LogP contribution < -0.4 is 5.32 Å². The number of benzene rings is 1. The van der Waals surface area contributed by atoms with Crippen LogP contribution in [0.2, 0.25) is 0 Å². The number of rotatable bonds is 4. The van der Waals surface area contributed by atoms with E-state index in [0.717, 1.165) is 0 Å². The molecule has 1 aromatic rings. The molecule has 0 saturated carbocycles. The average Bonchev–Trinajstić information content (AvgIpc) is 2.48. The standard InChI is InChI=1S/C14H17NO3S2/c1-9(13(17)18)15-12(16)10-3-5-11(6-4-10)14-19-7-2-8-20-14/h3-6,9,14H,2,7-8H2,1H3,(H,15,16)(H,17,18)/t9-/m0/s1. The summed E-state index contributed by atoms with van der Waals surface area (Å²) < 4.78 is 0.443. The number of carboxylic acids is 1. The number of nitrogens with one attached hydrogen (secondary N) is 1. The Morgan fingerprint density at radius 2 is 1.85 bits per heavy atom. The summed E-state index contributed by atoms with van der Waals surface area (Å²) in [5.41, 5.74) is 1.70. The van der Waals surface area contributed by atoms with Crippen molar-refractivity contribution in [2.24, 2.45) is 0 Å². The van der Waals surface area contributed by atoms with Gasteiger partial charge < -0.3 is 10.4 Å². The molecule has 2 rings (SSSR count). The molecule has 4 nitrogen and oxygen atoms in total. The van der Waals surface area contributed by atoms with Crippen molar-refractivity contribution in [3.63, 3.8) is 0 Å². The maximum absolute atomic E-state index is 11.9. The van der Waals surface area contributed by atoms with Crippen LogP contribution in [0.25, 0.3) is 0 Å². The molecule has 108 valence electrons. The van der Waals surface area contributed by atoms with Crippen LogP contribution >= 0.6 is 23.5 Å². The highest BCUT2D eigenvalue weighted by atomic mass is 32.2. The summed E-state index contributed by atoms with van der Waals surface area (Å²) in [7, 11) is 0. The van der Waals surface area contributed by atoms with E-state index in [2.05, 4.69) is 5.32 Å². The van der Waals surface area contributed by atoms with Crippen molar-refractivity contribution in [2.75, 3.05) is 11.5 Å². The first-order valence-corrected chi connectivity index (χ1v) is 8.54. The minimum Gasteiger partial charge on any atom is -0.480 e. The Morgan fingerprint density at radius 3 is 2.40 bits per heavy atom. The van der Waals surface area contributed by atoms with Gasteiger partial charge in [0, 0.05) is 5.56 Å². The van der Waals surface area contributed by atoms with Gasteiger partial charge in [0.15, 0.2) is 0 Å². The van der Waals surface area contributed by atoms with Crippen molar-refractivity contribution < 1.29 is 14.7 Å². The molecule has 20 heavy (non-hydrogen) atoms. The van der Waals surface area contributed by atoms with Gasteiger partial charge in [-0.3, -0.25) is 9.59 Å². The lowest BCUT2D eigenvalue weighted by Gasteiger charge is -2.21. The number of hydrogen-bond donors (Lipinski definition) is 2. The molecule has 2 N–H and O–H groups in total. The van der Waals surface area contributed by atoms with Crippen LogP contribution in [0.5, 0.6) is 0 Å². The van der Waals surface area contributed by atoms with E-state index in [1.807, 2.05) is 35.7 Å². The minimum absolute atomic E-state index is 0.351. The Balaban J connectivity index is 2.00. The molecule has 0 aliphatic carbocycles. The van der Waals surface area contributed by atoms with Crippen LogP contribution in [-0.4, -0.2) is 34.5 Å². The smallest absolute Gasteiger partial charge is 0.325 e. The summed E-state index contributed by atoms with van der Waals surface area (Å²) in [4.78, 5) is 22.6. The Labute approximate surface area is 126 Å². The van der Waals surface area contributed by atoms with Crippen LogP contribution in [0.4, 0.5) is 0 Å². The number of carbonyl (C=O) groups is 2. The van der Waals surface area contributed by atoms with E-state index in [0.29, 0.717) is 10.1 Å². The third kappa shape index (κ3) is 3.93. The molecule has 1 amide bonds. The van der Waals surface area contributed by atoms with Gasteiger partial charge in [0.25, 0.3) is 5.91 Å². The maximum atomic E-state index is 11.9. The van der Waals surface area contributed by atoms with E-state index in [9.17, 15) is 9.59 Å². The van der Waals surface area contributed by atoms with Gasteiger partial charge in [0.1, 0.15) is 6.04 Å². The summed E-state index contributed by atoms with van der Waals surface area (Å²) in [6.07, 6.45) is 1.25. The molecular weight excluding hydrogens is 294 g/mol. The van der Waals surface area contributed by atoms with Gasteiger partial charge >= 0.3 is 5.97 Å². The number of aliphatic carboxylic acids is 1. The van der Waals surface area contributed by atoms with Crippen LogP contribution in [0.1, 0.15) is 33.8 Å². The zero-order chi connectivity index (χ0) is 14.5. The van der Waals surface area contributed by atoms with Gasteiger partial charge in [0.2, 0.25) is 0 Å². The van der Waals surface area contributed by atoms with Gasteiger partial charge in [-0.15, -0.1) is 23.5 Å². The predicted octanol–water partition coefficient (Wildman–Crippen LogP) is 2.76. The third-order valence-electron chi connectivity index (χ3n) is 2.99. The number of thioether (sulfide) groups is 2. The lowest BCUT2D eigenvalue weighted by Crippen LogP contribution is -2.38. The Kier molecular flexibility index (Phi) is 5.37. The first kappa shape index (κ1) is 15.3. The molecule has 1 heterocycles. The highest BCUT2D eigenvalue weighted by molar-refractivity contribution is 8.16. The number of carbonyl (C=O) groups excluding carboxylic acids is 1. The number of carboxylic acid groups (broad SMARTS) is 1. The largest absolute Gasteiger partial charge is 0.480 e. The molecular formula is C14H17NO3S2. The second-order valence-electron chi connectivity index (χ2n) is 4.58. The van der Waals surface area contributed by atoms with Crippen molar-refractivity contribution >= 4 is 35.4 Å². The molecule has 1 aromatic carbocycles. The summed E-state index contributed by atoms with van der Waals surface area (Å²) >= 11 is 3.86. The van der Waals surface area contributed by atoms with Crippen molar-refractivity contribution in [3.8, 4) is 0 Å². The van der Waals surface area contributed by atoms with Crippen LogP contribution in [0, 0.1) is 0 Å². The van der Waals surface area contributed by atoms with Gasteiger partial charge in [-0.1, -0.05) is 12.1 Å². The lowest BCUT2D eigenvalue weighted by molar-refractivity contribution is -0.138. The SMILES string of the molecule is C[C@H](NC(=O)c1ccc(C2SCCCS2)cc1)C(=O)O. The second-order valence-corrected chi connectivity index (χ2v) is 7.31. The summed E-state index contributed by atoms with van der Waals surface area (Å²) in [5.74, 6) is 0.965. The normalized spacial score (nSPS) is 17.4. The molecule has 0 aromatic heterocycles. The first-order chi connectivity index (χ1) is 9.58. The highest BCUT2D eigenvalue weighted by Crippen LogP contribution is 2.43. The van der Waals surface area contributed by atoms with Crippen LogP contribution in [-0.2, 0) is 4.79 Å².